The molecule has 0 aromatic carbocycles. The molecule has 122 valence electrons. The van der Waals surface area contributed by atoms with Gasteiger partial charge in [0.2, 0.25) is 0 Å². The van der Waals surface area contributed by atoms with Crippen LogP contribution in [0.2, 0.25) is 0 Å². The summed E-state index contributed by atoms with van der Waals surface area (Å²) in [7, 11) is 1.92. The fraction of sp³-hybridized carbons (Fsp3) is 0.333. The van der Waals surface area contributed by atoms with Crippen molar-refractivity contribution in [3.8, 4) is 0 Å². The molecule has 0 bridgehead atoms. The van der Waals surface area contributed by atoms with E-state index in [1.165, 1.54) is 0 Å². The number of rotatable bonds is 2. The highest BCUT2D eigenvalue weighted by Crippen LogP contribution is 2.31. The second-order valence-electron chi connectivity index (χ2n) is 6.19. The van der Waals surface area contributed by atoms with Crippen LogP contribution < -0.4 is 0 Å². The molecule has 0 radical (unpaired) electrons. The van der Waals surface area contributed by atoms with Gasteiger partial charge in [0, 0.05) is 43.8 Å². The molecule has 1 amide bonds. The minimum absolute atomic E-state index is 0.00124. The lowest BCUT2D eigenvalue weighted by Crippen LogP contribution is -2.39. The third-order valence-corrected chi connectivity index (χ3v) is 4.61. The molecular formula is C18H19N5O. The molecule has 4 rings (SSSR count). The van der Waals surface area contributed by atoms with Crippen molar-refractivity contribution in [3.63, 3.8) is 0 Å². The first-order valence-electron chi connectivity index (χ1n) is 8.22. The summed E-state index contributed by atoms with van der Waals surface area (Å²) in [6, 6.07) is 9.44. The number of nitrogens with zero attached hydrogens (tertiary/aromatic N) is 5. The summed E-state index contributed by atoms with van der Waals surface area (Å²) in [5, 5.41) is 5.76. The largest absolute Gasteiger partial charge is 0.337 e. The maximum absolute atomic E-state index is 12.7. The molecule has 1 aliphatic heterocycles. The molecule has 24 heavy (non-hydrogen) atoms. The lowest BCUT2D eigenvalue weighted by atomic mass is 9.93. The molecule has 1 atom stereocenters. The molecule has 1 fully saturated rings. The maximum Gasteiger partial charge on any atom is 0.272 e. The van der Waals surface area contributed by atoms with Crippen LogP contribution in [0.5, 0.6) is 0 Å². The van der Waals surface area contributed by atoms with Crippen molar-refractivity contribution >= 4 is 16.9 Å². The monoisotopic (exact) mass is 321 g/mol. The Labute approximate surface area is 140 Å². The Morgan fingerprint density at radius 3 is 2.88 bits per heavy atom. The summed E-state index contributed by atoms with van der Waals surface area (Å²) in [5.41, 5.74) is 2.44. The Balaban J connectivity index is 1.62. The van der Waals surface area contributed by atoms with Gasteiger partial charge in [-0.15, -0.1) is 0 Å². The average Bonchev–Trinajstić information content (AvgIpc) is 2.99. The highest BCUT2D eigenvalue weighted by molar-refractivity contribution is 5.92. The Kier molecular flexibility index (Phi) is 3.72. The van der Waals surface area contributed by atoms with Crippen LogP contribution in [-0.2, 0) is 7.05 Å². The summed E-state index contributed by atoms with van der Waals surface area (Å²) >= 11 is 0. The van der Waals surface area contributed by atoms with Crippen molar-refractivity contribution in [2.45, 2.75) is 18.8 Å². The number of fused-ring (bicyclic) bond motifs is 1. The van der Waals surface area contributed by atoms with Gasteiger partial charge < -0.3 is 4.90 Å². The molecule has 6 nitrogen and oxygen atoms in total. The van der Waals surface area contributed by atoms with Gasteiger partial charge in [-0.3, -0.25) is 14.5 Å². The van der Waals surface area contributed by atoms with Gasteiger partial charge >= 0.3 is 0 Å². The summed E-state index contributed by atoms with van der Waals surface area (Å²) in [5.74, 6) is 0.234. The van der Waals surface area contributed by atoms with Crippen LogP contribution in [0.4, 0.5) is 0 Å². The summed E-state index contributed by atoms with van der Waals surface area (Å²) in [4.78, 5) is 23.2. The predicted octanol–water partition coefficient (Wildman–Crippen LogP) is 2.38. The first-order valence-corrected chi connectivity index (χ1v) is 8.22. The number of carbonyl (C=O) groups excluding carboxylic acids is 1. The Morgan fingerprint density at radius 1 is 1.17 bits per heavy atom. The summed E-state index contributed by atoms with van der Waals surface area (Å²) in [6.07, 6.45) is 5.45. The van der Waals surface area contributed by atoms with Gasteiger partial charge in [-0.05, 0) is 37.1 Å². The van der Waals surface area contributed by atoms with E-state index < -0.39 is 0 Å². The number of aromatic nitrogens is 4. The average molecular weight is 321 g/mol. The number of likely N-dealkylation sites (tertiary alicyclic amines) is 1. The molecule has 6 heteroatoms. The number of piperidine rings is 1. The number of aryl methyl sites for hydroxylation is 1. The van der Waals surface area contributed by atoms with Crippen molar-refractivity contribution in [1.29, 1.82) is 0 Å². The van der Waals surface area contributed by atoms with Crippen LogP contribution >= 0.6 is 0 Å². The van der Waals surface area contributed by atoms with Gasteiger partial charge in [-0.25, -0.2) is 4.98 Å². The van der Waals surface area contributed by atoms with Gasteiger partial charge in [0.1, 0.15) is 5.69 Å². The fourth-order valence-corrected chi connectivity index (χ4v) is 3.46. The minimum atomic E-state index is -0.00124. The van der Waals surface area contributed by atoms with Gasteiger partial charge in [0.05, 0.1) is 5.69 Å². The van der Waals surface area contributed by atoms with Crippen LogP contribution in [0.15, 0.2) is 42.7 Å². The van der Waals surface area contributed by atoms with E-state index in [1.54, 1.807) is 18.5 Å². The van der Waals surface area contributed by atoms with E-state index in [9.17, 15) is 4.79 Å². The van der Waals surface area contributed by atoms with Crippen molar-refractivity contribution in [1.82, 2.24) is 24.6 Å². The summed E-state index contributed by atoms with van der Waals surface area (Å²) < 4.78 is 1.82. The minimum Gasteiger partial charge on any atom is -0.337 e. The molecule has 0 saturated carbocycles. The first-order chi connectivity index (χ1) is 11.7. The quantitative estimate of drug-likeness (QED) is 0.727. The number of amides is 1. The van der Waals surface area contributed by atoms with Crippen LogP contribution in [0.25, 0.3) is 11.0 Å². The number of pyridine rings is 2. The molecule has 0 aliphatic carbocycles. The number of carbonyl (C=O) groups is 1. The van der Waals surface area contributed by atoms with Gasteiger partial charge in [0.15, 0.2) is 5.65 Å². The van der Waals surface area contributed by atoms with Crippen molar-refractivity contribution in [3.05, 3.63) is 54.1 Å². The lowest BCUT2D eigenvalue weighted by Gasteiger charge is -2.32. The van der Waals surface area contributed by atoms with E-state index in [4.69, 9.17) is 0 Å². The van der Waals surface area contributed by atoms with Crippen LogP contribution in [-0.4, -0.2) is 43.6 Å². The Morgan fingerprint density at radius 2 is 2.04 bits per heavy atom. The third kappa shape index (κ3) is 2.54. The zero-order chi connectivity index (χ0) is 16.5. The number of hydrogen-bond donors (Lipinski definition) is 0. The van der Waals surface area contributed by atoms with Crippen molar-refractivity contribution in [2.75, 3.05) is 13.1 Å². The lowest BCUT2D eigenvalue weighted by molar-refractivity contribution is 0.0700. The smallest absolute Gasteiger partial charge is 0.272 e. The molecule has 3 aromatic rings. The van der Waals surface area contributed by atoms with Gasteiger partial charge in [-0.2, -0.15) is 5.10 Å². The molecule has 1 saturated heterocycles. The summed E-state index contributed by atoms with van der Waals surface area (Å²) in [6.45, 7) is 1.45. The molecule has 0 N–H and O–H groups in total. The predicted molar refractivity (Wildman–Crippen MR) is 90.6 cm³/mol. The highest BCUT2D eigenvalue weighted by Gasteiger charge is 2.29. The third-order valence-electron chi connectivity index (χ3n) is 4.61. The molecular weight excluding hydrogens is 302 g/mol. The molecule has 4 heterocycles. The van der Waals surface area contributed by atoms with E-state index in [-0.39, 0.29) is 11.8 Å². The first kappa shape index (κ1) is 14.8. The second-order valence-corrected chi connectivity index (χ2v) is 6.19. The highest BCUT2D eigenvalue weighted by atomic mass is 16.2. The zero-order valence-electron chi connectivity index (χ0n) is 13.6. The normalized spacial score (nSPS) is 18.0. The van der Waals surface area contributed by atoms with E-state index in [0.29, 0.717) is 12.2 Å². The van der Waals surface area contributed by atoms with Gasteiger partial charge in [0.25, 0.3) is 5.91 Å². The molecule has 3 aromatic heterocycles. The molecule has 1 aliphatic rings. The standard InChI is InChI=1S/C18H19N5O/c1-22-17-14(7-4-10-20-17)16(21-22)13-6-5-11-23(12-13)18(24)15-8-2-3-9-19-15/h2-4,7-10,13H,5-6,11-12H2,1H3/t13-/m0/s1. The van der Waals surface area contributed by atoms with E-state index >= 15 is 0 Å². The van der Waals surface area contributed by atoms with Gasteiger partial charge in [-0.1, -0.05) is 6.07 Å². The Hall–Kier alpha value is -2.76. The molecule has 0 spiro atoms. The zero-order valence-corrected chi connectivity index (χ0v) is 13.6. The maximum atomic E-state index is 12.7. The van der Waals surface area contributed by atoms with Crippen molar-refractivity contribution in [2.24, 2.45) is 7.05 Å². The number of hydrogen-bond acceptors (Lipinski definition) is 4. The molecule has 0 unspecified atom stereocenters. The second kappa shape index (κ2) is 6.03. The fourth-order valence-electron chi connectivity index (χ4n) is 3.46. The van der Waals surface area contributed by atoms with E-state index in [0.717, 1.165) is 36.1 Å². The van der Waals surface area contributed by atoms with Crippen LogP contribution in [0.1, 0.15) is 34.9 Å². The topological polar surface area (TPSA) is 63.9 Å². The van der Waals surface area contributed by atoms with E-state index in [2.05, 4.69) is 21.1 Å². The van der Waals surface area contributed by atoms with E-state index in [1.807, 2.05) is 34.8 Å². The van der Waals surface area contributed by atoms with Crippen LogP contribution in [0, 0.1) is 0 Å². The SMILES string of the molecule is Cn1nc([C@H]2CCCN(C(=O)c3ccccn3)C2)c2cccnc21. The van der Waals surface area contributed by atoms with Crippen molar-refractivity contribution < 1.29 is 4.79 Å². The van der Waals surface area contributed by atoms with Crippen LogP contribution in [0.3, 0.4) is 0 Å². The Bertz CT molecular complexity index is 874.